The lowest BCUT2D eigenvalue weighted by Crippen LogP contribution is -2.41. The molecule has 1 aromatic heterocycles. The maximum atomic E-state index is 13.6. The zero-order valence-corrected chi connectivity index (χ0v) is 20.6. The summed E-state index contributed by atoms with van der Waals surface area (Å²) in [6.07, 6.45) is 4.84. The maximum Gasteiger partial charge on any atom is 0.242 e. The van der Waals surface area contributed by atoms with Crippen LogP contribution in [-0.2, 0) is 11.3 Å². The third kappa shape index (κ3) is 4.54. The molecule has 4 unspecified atom stereocenters. The second-order valence-electron chi connectivity index (χ2n) is 9.34. The summed E-state index contributed by atoms with van der Waals surface area (Å²) >= 11 is 0. The van der Waals surface area contributed by atoms with Gasteiger partial charge in [0.1, 0.15) is 17.6 Å². The Kier molecular flexibility index (Phi) is 7.16. The molecule has 5 rings (SSSR count). The number of hydrazine groups is 1. The summed E-state index contributed by atoms with van der Waals surface area (Å²) < 4.78 is 17.3. The average molecular weight is 492 g/mol. The molecule has 2 aromatic carbocycles. The van der Waals surface area contributed by atoms with Gasteiger partial charge in [0.05, 0.1) is 38.6 Å². The van der Waals surface area contributed by atoms with E-state index < -0.39 is 6.04 Å². The topological polar surface area (TPSA) is 96.2 Å². The highest BCUT2D eigenvalue weighted by Crippen LogP contribution is 2.50. The number of phenols is 1. The molecule has 4 atom stereocenters. The fourth-order valence-electron chi connectivity index (χ4n) is 5.38. The van der Waals surface area contributed by atoms with Gasteiger partial charge in [0, 0.05) is 11.5 Å². The van der Waals surface area contributed by atoms with E-state index in [1.165, 1.54) is 0 Å². The SMILES string of the molecule is CCCCCOc1ccc(C2C3C(NNC3c3ccccc3O)C(=O)N2Cc2ccco2)cc1OC. The molecule has 3 N–H and O–H groups in total. The molecule has 0 aliphatic carbocycles. The molecule has 2 saturated heterocycles. The summed E-state index contributed by atoms with van der Waals surface area (Å²) in [5.74, 6) is 2.03. The van der Waals surface area contributed by atoms with Crippen molar-refractivity contribution in [2.45, 2.75) is 50.9 Å². The lowest BCUT2D eigenvalue weighted by atomic mass is 9.83. The first-order valence-corrected chi connectivity index (χ1v) is 12.5. The van der Waals surface area contributed by atoms with Crippen molar-refractivity contribution in [1.82, 2.24) is 15.8 Å². The van der Waals surface area contributed by atoms with E-state index in [0.29, 0.717) is 30.4 Å². The van der Waals surface area contributed by atoms with E-state index in [2.05, 4.69) is 17.8 Å². The lowest BCUT2D eigenvalue weighted by molar-refractivity contribution is -0.131. The number of aromatic hydroxyl groups is 1. The van der Waals surface area contributed by atoms with Gasteiger partial charge in [0.15, 0.2) is 11.5 Å². The monoisotopic (exact) mass is 491 g/mol. The van der Waals surface area contributed by atoms with Gasteiger partial charge in [-0.25, -0.2) is 10.9 Å². The molecule has 0 saturated carbocycles. The van der Waals surface area contributed by atoms with Crippen LogP contribution in [0.5, 0.6) is 17.2 Å². The summed E-state index contributed by atoms with van der Waals surface area (Å²) in [7, 11) is 1.63. The van der Waals surface area contributed by atoms with Crippen LogP contribution in [0.1, 0.15) is 55.2 Å². The Hall–Kier alpha value is -3.49. The third-order valence-electron chi connectivity index (χ3n) is 7.13. The van der Waals surface area contributed by atoms with E-state index in [-0.39, 0.29) is 29.7 Å². The van der Waals surface area contributed by atoms with Crippen molar-refractivity contribution in [3.05, 3.63) is 77.7 Å². The highest BCUT2D eigenvalue weighted by molar-refractivity contribution is 5.86. The van der Waals surface area contributed by atoms with E-state index >= 15 is 0 Å². The number of benzene rings is 2. The zero-order valence-electron chi connectivity index (χ0n) is 20.6. The van der Waals surface area contributed by atoms with Crippen molar-refractivity contribution in [1.29, 1.82) is 0 Å². The Morgan fingerprint density at radius 1 is 1.03 bits per heavy atom. The Morgan fingerprint density at radius 3 is 2.61 bits per heavy atom. The number of carbonyl (C=O) groups is 1. The van der Waals surface area contributed by atoms with Gasteiger partial charge in [-0.2, -0.15) is 0 Å². The van der Waals surface area contributed by atoms with Crippen LogP contribution < -0.4 is 20.3 Å². The highest BCUT2D eigenvalue weighted by Gasteiger charge is 2.56. The molecule has 36 heavy (non-hydrogen) atoms. The van der Waals surface area contributed by atoms with Crippen molar-refractivity contribution < 1.29 is 23.8 Å². The molecular formula is C28H33N3O5. The molecule has 0 bridgehead atoms. The Labute approximate surface area is 211 Å². The Balaban J connectivity index is 1.51. The summed E-state index contributed by atoms with van der Waals surface area (Å²) in [6, 6.07) is 15.8. The number of para-hydroxylation sites is 1. The van der Waals surface area contributed by atoms with Gasteiger partial charge in [-0.1, -0.05) is 44.0 Å². The number of fused-ring (bicyclic) bond motifs is 1. The maximum absolute atomic E-state index is 13.6. The first-order valence-electron chi connectivity index (χ1n) is 12.5. The molecule has 8 nitrogen and oxygen atoms in total. The zero-order chi connectivity index (χ0) is 25.1. The van der Waals surface area contributed by atoms with Crippen molar-refractivity contribution in [2.75, 3.05) is 13.7 Å². The molecular weight excluding hydrogens is 458 g/mol. The summed E-state index contributed by atoms with van der Waals surface area (Å²) in [5.41, 5.74) is 8.15. The largest absolute Gasteiger partial charge is 0.508 e. The number of carbonyl (C=O) groups excluding carboxylic acids is 1. The number of nitrogens with zero attached hydrogens (tertiary/aromatic N) is 1. The average Bonchev–Trinajstić information content (AvgIpc) is 3.62. The molecule has 1 amide bonds. The van der Waals surface area contributed by atoms with Crippen molar-refractivity contribution in [3.8, 4) is 17.2 Å². The molecule has 2 aliphatic rings. The normalized spacial score (nSPS) is 23.2. The van der Waals surface area contributed by atoms with Crippen molar-refractivity contribution >= 4 is 5.91 Å². The van der Waals surface area contributed by atoms with Crippen LogP contribution in [0.25, 0.3) is 0 Å². The Bertz CT molecular complexity index is 1180. The van der Waals surface area contributed by atoms with Gasteiger partial charge in [0.2, 0.25) is 5.91 Å². The van der Waals surface area contributed by atoms with Crippen LogP contribution in [0.3, 0.4) is 0 Å². The summed E-state index contributed by atoms with van der Waals surface area (Å²) in [4.78, 5) is 15.5. The summed E-state index contributed by atoms with van der Waals surface area (Å²) in [6.45, 7) is 3.13. The van der Waals surface area contributed by atoms with E-state index in [9.17, 15) is 9.90 Å². The molecule has 0 spiro atoms. The minimum atomic E-state index is -0.453. The van der Waals surface area contributed by atoms with Gasteiger partial charge < -0.3 is 23.9 Å². The molecule has 2 fully saturated rings. The number of hydrogen-bond acceptors (Lipinski definition) is 7. The predicted molar refractivity (Wildman–Crippen MR) is 134 cm³/mol. The second kappa shape index (κ2) is 10.6. The fraction of sp³-hybridized carbons (Fsp3) is 0.393. The van der Waals surface area contributed by atoms with Gasteiger partial charge in [-0.15, -0.1) is 0 Å². The van der Waals surface area contributed by atoms with E-state index in [0.717, 1.165) is 30.4 Å². The number of furan rings is 1. The van der Waals surface area contributed by atoms with Crippen LogP contribution >= 0.6 is 0 Å². The van der Waals surface area contributed by atoms with E-state index in [1.807, 2.05) is 47.4 Å². The number of nitrogens with one attached hydrogen (secondary N) is 2. The minimum absolute atomic E-state index is 0.0225. The van der Waals surface area contributed by atoms with Gasteiger partial charge in [0.25, 0.3) is 0 Å². The number of rotatable bonds is 10. The number of hydrogen-bond donors (Lipinski definition) is 3. The highest BCUT2D eigenvalue weighted by atomic mass is 16.5. The number of methoxy groups -OCH3 is 1. The van der Waals surface area contributed by atoms with Gasteiger partial charge in [-0.05, 0) is 42.3 Å². The molecule has 190 valence electrons. The number of ether oxygens (including phenoxy) is 2. The van der Waals surface area contributed by atoms with Crippen LogP contribution in [0.4, 0.5) is 0 Å². The van der Waals surface area contributed by atoms with Gasteiger partial charge in [-0.3, -0.25) is 4.79 Å². The first kappa shape index (κ1) is 24.2. The predicted octanol–water partition coefficient (Wildman–Crippen LogP) is 4.48. The molecule has 8 heteroatoms. The van der Waals surface area contributed by atoms with E-state index in [1.54, 1.807) is 25.5 Å². The molecule has 0 radical (unpaired) electrons. The Morgan fingerprint density at radius 2 is 1.86 bits per heavy atom. The van der Waals surface area contributed by atoms with Crippen molar-refractivity contribution in [2.24, 2.45) is 5.92 Å². The van der Waals surface area contributed by atoms with Crippen LogP contribution in [0.15, 0.2) is 65.3 Å². The molecule has 2 aliphatic heterocycles. The number of likely N-dealkylation sites (tertiary alicyclic amines) is 1. The lowest BCUT2D eigenvalue weighted by Gasteiger charge is -2.31. The number of phenolic OH excluding ortho intramolecular Hbond substituents is 1. The van der Waals surface area contributed by atoms with Crippen LogP contribution in [0, 0.1) is 5.92 Å². The van der Waals surface area contributed by atoms with Crippen molar-refractivity contribution in [3.63, 3.8) is 0 Å². The number of amides is 1. The standard InChI is InChI=1S/C28H33N3O5/c1-3-4-7-14-36-22-13-12-18(16-23(22)34-2)27-24-25(20-10-5-6-11-21(20)32)29-30-26(24)28(33)31(27)17-19-9-8-15-35-19/h5-6,8-13,15-16,24-27,29-30,32H,3-4,7,14,17H2,1-2H3. The minimum Gasteiger partial charge on any atom is -0.508 e. The van der Waals surface area contributed by atoms with Crippen LogP contribution in [-0.4, -0.2) is 35.7 Å². The smallest absolute Gasteiger partial charge is 0.242 e. The summed E-state index contributed by atoms with van der Waals surface area (Å²) in [5, 5.41) is 10.6. The third-order valence-corrected chi connectivity index (χ3v) is 7.13. The molecule has 3 aromatic rings. The quantitative estimate of drug-likeness (QED) is 0.360. The molecule has 3 heterocycles. The van der Waals surface area contributed by atoms with Gasteiger partial charge >= 0.3 is 0 Å². The fourth-order valence-corrected chi connectivity index (χ4v) is 5.38. The van der Waals surface area contributed by atoms with Crippen LogP contribution in [0.2, 0.25) is 0 Å². The first-order chi connectivity index (χ1) is 17.6. The number of unbranched alkanes of at least 4 members (excludes halogenated alkanes) is 2. The second-order valence-corrected chi connectivity index (χ2v) is 9.34. The van der Waals surface area contributed by atoms with E-state index in [4.69, 9.17) is 13.9 Å².